The minimum absolute atomic E-state index is 0.203. The second kappa shape index (κ2) is 8.03. The monoisotopic (exact) mass is 470 g/mol. The molecule has 1 saturated carbocycles. The number of nitrogens with zero attached hydrogens (tertiary/aromatic N) is 6. The van der Waals surface area contributed by atoms with Crippen LogP contribution >= 0.6 is 0 Å². The predicted molar refractivity (Wildman–Crippen MR) is 138 cm³/mol. The molecule has 0 atom stereocenters. The molecular formula is C29H24N7+. The van der Waals surface area contributed by atoms with Crippen LogP contribution < -0.4 is 10.1 Å². The third-order valence-corrected chi connectivity index (χ3v) is 7.22. The van der Waals surface area contributed by atoms with E-state index >= 15 is 0 Å². The van der Waals surface area contributed by atoms with Gasteiger partial charge in [-0.25, -0.2) is 4.98 Å². The quantitative estimate of drug-likeness (QED) is 0.380. The zero-order chi connectivity index (χ0) is 24.1. The molecule has 2 N–H and O–H groups in total. The maximum Gasteiger partial charge on any atom is 0.334 e. The van der Waals surface area contributed by atoms with Crippen molar-refractivity contribution in [3.8, 4) is 28.3 Å². The molecule has 6 aromatic rings. The Morgan fingerprint density at radius 2 is 1.69 bits per heavy atom. The van der Waals surface area contributed by atoms with Crippen molar-refractivity contribution in [3.05, 3.63) is 103 Å². The van der Waals surface area contributed by atoms with E-state index in [1.54, 1.807) is 18.6 Å². The Kier molecular flexibility index (Phi) is 4.65. The minimum Gasteiger partial charge on any atom is -0.321 e. The molecule has 0 radical (unpaired) electrons. The fourth-order valence-electron chi connectivity index (χ4n) is 5.05. The minimum atomic E-state index is -0.203. The van der Waals surface area contributed by atoms with Crippen LogP contribution in [0.3, 0.4) is 0 Å². The summed E-state index contributed by atoms with van der Waals surface area (Å²) < 4.78 is 4.03. The van der Waals surface area contributed by atoms with Gasteiger partial charge in [0.2, 0.25) is 0 Å². The van der Waals surface area contributed by atoms with Crippen molar-refractivity contribution in [1.29, 1.82) is 0 Å². The Labute approximate surface area is 207 Å². The second-order valence-electron chi connectivity index (χ2n) is 9.41. The van der Waals surface area contributed by atoms with Crippen molar-refractivity contribution < 1.29 is 4.40 Å². The molecule has 7 nitrogen and oxygen atoms in total. The van der Waals surface area contributed by atoms with E-state index in [0.717, 1.165) is 46.2 Å². The van der Waals surface area contributed by atoms with Gasteiger partial charge < -0.3 is 5.73 Å². The number of benzene rings is 2. The first-order valence-electron chi connectivity index (χ1n) is 12.1. The Bertz CT molecular complexity index is 1700. The first-order valence-corrected chi connectivity index (χ1v) is 12.1. The molecule has 0 aliphatic heterocycles. The Morgan fingerprint density at radius 3 is 2.42 bits per heavy atom. The van der Waals surface area contributed by atoms with Crippen molar-refractivity contribution in [2.75, 3.05) is 0 Å². The van der Waals surface area contributed by atoms with Gasteiger partial charge in [-0.05, 0) is 54.7 Å². The summed E-state index contributed by atoms with van der Waals surface area (Å²) in [5.41, 5.74) is 13.2. The van der Waals surface area contributed by atoms with E-state index < -0.39 is 0 Å². The van der Waals surface area contributed by atoms with Crippen molar-refractivity contribution in [3.63, 3.8) is 0 Å². The summed E-state index contributed by atoms with van der Waals surface area (Å²) in [5, 5.41) is 6.03. The Morgan fingerprint density at radius 1 is 0.861 bits per heavy atom. The van der Waals surface area contributed by atoms with Crippen molar-refractivity contribution in [2.45, 2.75) is 24.8 Å². The van der Waals surface area contributed by atoms with Crippen LogP contribution in [-0.2, 0) is 5.54 Å². The lowest BCUT2D eigenvalue weighted by Crippen LogP contribution is -2.43. The molecule has 4 heterocycles. The number of rotatable bonds is 4. The molecule has 7 heteroatoms. The zero-order valence-corrected chi connectivity index (χ0v) is 19.6. The number of nitrogens with two attached hydrogens (primary N) is 1. The summed E-state index contributed by atoms with van der Waals surface area (Å²) in [5.74, 6) is 0.712. The van der Waals surface area contributed by atoms with Crippen molar-refractivity contribution in [1.82, 2.24) is 24.7 Å². The SMILES string of the molecule is NC1(c2ccc(-n3nc(-c4cnccn4)[n+]4ccc5ncc(-c6ccccc6)cc5c34)cc2)CCC1. The van der Waals surface area contributed by atoms with Crippen LogP contribution in [0.2, 0.25) is 0 Å². The van der Waals surface area contributed by atoms with E-state index in [2.05, 4.69) is 56.8 Å². The van der Waals surface area contributed by atoms with Crippen LogP contribution in [0.5, 0.6) is 0 Å². The second-order valence-corrected chi connectivity index (χ2v) is 9.41. The summed E-state index contributed by atoms with van der Waals surface area (Å²) in [6.45, 7) is 0. The van der Waals surface area contributed by atoms with Crippen LogP contribution in [0, 0.1) is 0 Å². The topological polar surface area (TPSA) is 86.6 Å². The summed E-state index contributed by atoms with van der Waals surface area (Å²) in [6.07, 6.45) is 12.3. The predicted octanol–water partition coefficient (Wildman–Crippen LogP) is 4.62. The van der Waals surface area contributed by atoms with Gasteiger partial charge in [-0.3, -0.25) is 9.97 Å². The van der Waals surface area contributed by atoms with Crippen LogP contribution in [0.25, 0.3) is 44.9 Å². The molecule has 2 aromatic carbocycles. The van der Waals surface area contributed by atoms with Gasteiger partial charge in [0.15, 0.2) is 5.69 Å². The molecule has 36 heavy (non-hydrogen) atoms. The lowest BCUT2D eigenvalue weighted by Gasteiger charge is -2.38. The van der Waals surface area contributed by atoms with Gasteiger partial charge in [0.05, 0.1) is 28.4 Å². The lowest BCUT2D eigenvalue weighted by molar-refractivity contribution is -0.498. The highest BCUT2D eigenvalue weighted by atomic mass is 15.4. The number of fused-ring (bicyclic) bond motifs is 3. The Hall–Kier alpha value is -4.49. The number of hydrogen-bond donors (Lipinski definition) is 1. The van der Waals surface area contributed by atoms with E-state index in [4.69, 9.17) is 15.8 Å². The summed E-state index contributed by atoms with van der Waals surface area (Å²) in [6, 6.07) is 23.0. The smallest absolute Gasteiger partial charge is 0.321 e. The highest BCUT2D eigenvalue weighted by Crippen LogP contribution is 2.39. The van der Waals surface area contributed by atoms with Gasteiger partial charge in [-0.15, -0.1) is 0 Å². The van der Waals surface area contributed by atoms with Gasteiger partial charge in [-0.1, -0.05) is 47.1 Å². The summed E-state index contributed by atoms with van der Waals surface area (Å²) in [7, 11) is 0. The molecule has 0 amide bonds. The van der Waals surface area contributed by atoms with E-state index in [9.17, 15) is 0 Å². The summed E-state index contributed by atoms with van der Waals surface area (Å²) in [4.78, 5) is 13.6. The van der Waals surface area contributed by atoms with E-state index in [-0.39, 0.29) is 5.54 Å². The molecule has 4 aromatic heterocycles. The fourth-order valence-corrected chi connectivity index (χ4v) is 5.05. The highest BCUT2D eigenvalue weighted by Gasteiger charge is 2.34. The lowest BCUT2D eigenvalue weighted by atomic mass is 9.73. The number of hydrogen-bond acceptors (Lipinski definition) is 5. The standard InChI is InChI=1S/C29H24N7/c30-29(12-4-13-29)22-7-9-23(10-8-22)36-28-24-17-21(20-5-2-1-3-6-20)18-33-25(24)11-16-35(28)27(34-36)26-19-31-14-15-32-26/h1-3,5-11,14-19H,4,12-13,30H2/q+1. The molecule has 1 aliphatic rings. The molecule has 1 fully saturated rings. The molecule has 0 unspecified atom stereocenters. The summed E-state index contributed by atoms with van der Waals surface area (Å²) >= 11 is 0. The van der Waals surface area contributed by atoms with Crippen LogP contribution in [0.4, 0.5) is 0 Å². The van der Waals surface area contributed by atoms with E-state index in [1.165, 1.54) is 12.0 Å². The molecular weight excluding hydrogens is 446 g/mol. The van der Waals surface area contributed by atoms with Gasteiger partial charge in [0, 0.05) is 29.7 Å². The van der Waals surface area contributed by atoms with Gasteiger partial charge in [0.1, 0.15) is 5.69 Å². The van der Waals surface area contributed by atoms with Gasteiger partial charge in [-0.2, -0.15) is 4.40 Å². The van der Waals surface area contributed by atoms with Crippen molar-refractivity contribution >= 4 is 16.6 Å². The maximum atomic E-state index is 6.58. The van der Waals surface area contributed by atoms with Crippen LogP contribution in [-0.4, -0.2) is 24.7 Å². The molecule has 0 spiro atoms. The fraction of sp³-hybridized carbons (Fsp3) is 0.138. The Balaban J connectivity index is 1.48. The normalized spacial score (nSPS) is 14.7. The number of aromatic nitrogens is 6. The van der Waals surface area contributed by atoms with Crippen molar-refractivity contribution in [2.24, 2.45) is 5.73 Å². The van der Waals surface area contributed by atoms with E-state index in [0.29, 0.717) is 11.5 Å². The molecule has 1 aliphatic carbocycles. The number of pyridine rings is 2. The van der Waals surface area contributed by atoms with Gasteiger partial charge >= 0.3 is 5.82 Å². The van der Waals surface area contributed by atoms with Crippen LogP contribution in [0.1, 0.15) is 24.8 Å². The average Bonchev–Trinajstić information content (AvgIpc) is 3.33. The third-order valence-electron chi connectivity index (χ3n) is 7.22. The first-order chi connectivity index (χ1) is 17.7. The first kappa shape index (κ1) is 20.8. The molecule has 174 valence electrons. The van der Waals surface area contributed by atoms with Crippen LogP contribution in [0.15, 0.2) is 97.7 Å². The van der Waals surface area contributed by atoms with Gasteiger partial charge in [0.25, 0.3) is 5.65 Å². The average molecular weight is 471 g/mol. The maximum absolute atomic E-state index is 6.58. The highest BCUT2D eigenvalue weighted by molar-refractivity contribution is 5.93. The largest absolute Gasteiger partial charge is 0.334 e. The molecule has 0 bridgehead atoms. The third kappa shape index (κ3) is 3.28. The molecule has 0 saturated heterocycles. The molecule has 7 rings (SSSR count). The zero-order valence-electron chi connectivity index (χ0n) is 19.6. The van der Waals surface area contributed by atoms with E-state index in [1.807, 2.05) is 41.3 Å².